The van der Waals surface area contributed by atoms with Gasteiger partial charge in [-0.15, -0.1) is 11.8 Å². The van der Waals surface area contributed by atoms with Crippen LogP contribution in [0.1, 0.15) is 28.4 Å². The molecule has 0 radical (unpaired) electrons. The van der Waals surface area contributed by atoms with E-state index >= 15 is 0 Å². The Balaban J connectivity index is 2.10. The molecule has 5 heteroatoms. The van der Waals surface area contributed by atoms with E-state index in [-0.39, 0.29) is 5.91 Å². The van der Waals surface area contributed by atoms with Crippen molar-refractivity contribution in [3.05, 3.63) is 53.2 Å². The molecule has 116 valence electrons. The molecule has 1 aromatic carbocycles. The van der Waals surface area contributed by atoms with Crippen LogP contribution in [0.5, 0.6) is 5.88 Å². The summed E-state index contributed by atoms with van der Waals surface area (Å²) in [5.74, 6) is 0.486. The molecule has 0 aliphatic carbocycles. The number of benzene rings is 1. The minimum Gasteiger partial charge on any atom is -0.478 e. The maximum atomic E-state index is 12.4. The summed E-state index contributed by atoms with van der Waals surface area (Å²) in [5.41, 5.74) is 2.54. The molecule has 0 saturated carbocycles. The van der Waals surface area contributed by atoms with Gasteiger partial charge >= 0.3 is 0 Å². The summed E-state index contributed by atoms with van der Waals surface area (Å²) < 4.78 is 5.47. The number of carbonyl (C=O) groups excluding carboxylic acids is 1. The van der Waals surface area contributed by atoms with E-state index in [1.807, 2.05) is 50.4 Å². The first-order valence-electron chi connectivity index (χ1n) is 7.15. The van der Waals surface area contributed by atoms with Crippen molar-refractivity contribution in [2.45, 2.75) is 25.3 Å². The minimum atomic E-state index is -0.0836. The van der Waals surface area contributed by atoms with Gasteiger partial charge in [-0.3, -0.25) is 4.79 Å². The van der Waals surface area contributed by atoms with Gasteiger partial charge < -0.3 is 10.1 Å². The molecule has 2 aromatic rings. The molecule has 0 atom stereocenters. The summed E-state index contributed by atoms with van der Waals surface area (Å²) in [6.07, 6.45) is 3.68. The third-order valence-corrected chi connectivity index (χ3v) is 3.99. The molecule has 2 rings (SSSR count). The fourth-order valence-electron chi connectivity index (χ4n) is 2.07. The van der Waals surface area contributed by atoms with Crippen LogP contribution in [0.3, 0.4) is 0 Å². The highest BCUT2D eigenvalue weighted by molar-refractivity contribution is 7.98. The molecule has 22 heavy (non-hydrogen) atoms. The number of carbonyl (C=O) groups is 1. The average molecular weight is 316 g/mol. The van der Waals surface area contributed by atoms with Gasteiger partial charge in [0, 0.05) is 28.8 Å². The van der Waals surface area contributed by atoms with E-state index in [1.54, 1.807) is 18.0 Å². The van der Waals surface area contributed by atoms with E-state index in [1.165, 1.54) is 0 Å². The van der Waals surface area contributed by atoms with Crippen LogP contribution in [-0.4, -0.2) is 23.8 Å². The molecule has 0 unspecified atom stereocenters. The second-order valence-corrected chi connectivity index (χ2v) is 5.64. The zero-order valence-electron chi connectivity index (χ0n) is 13.1. The van der Waals surface area contributed by atoms with Crippen LogP contribution in [0.25, 0.3) is 0 Å². The van der Waals surface area contributed by atoms with E-state index in [9.17, 15) is 4.79 Å². The van der Waals surface area contributed by atoms with Crippen LogP contribution >= 0.6 is 11.8 Å². The molecule has 4 nitrogen and oxygen atoms in total. The lowest BCUT2D eigenvalue weighted by Gasteiger charge is -2.11. The second kappa shape index (κ2) is 7.84. The molecule has 1 heterocycles. The van der Waals surface area contributed by atoms with Gasteiger partial charge in [0.2, 0.25) is 5.88 Å². The van der Waals surface area contributed by atoms with Crippen LogP contribution < -0.4 is 10.1 Å². The van der Waals surface area contributed by atoms with Crippen molar-refractivity contribution in [2.75, 3.05) is 12.9 Å². The van der Waals surface area contributed by atoms with Crippen molar-refractivity contribution in [1.82, 2.24) is 10.3 Å². The first kappa shape index (κ1) is 16.4. The van der Waals surface area contributed by atoms with Crippen molar-refractivity contribution < 1.29 is 9.53 Å². The fourth-order valence-corrected chi connectivity index (χ4v) is 2.51. The Bertz CT molecular complexity index is 659. The molecule has 0 fully saturated rings. The van der Waals surface area contributed by atoms with Gasteiger partial charge in [-0.1, -0.05) is 12.1 Å². The van der Waals surface area contributed by atoms with Crippen molar-refractivity contribution in [1.29, 1.82) is 0 Å². The molecular weight excluding hydrogens is 296 g/mol. The Morgan fingerprint density at radius 2 is 2.18 bits per heavy atom. The summed E-state index contributed by atoms with van der Waals surface area (Å²) in [6.45, 7) is 4.79. The number of ether oxygens (including phenoxy) is 1. The van der Waals surface area contributed by atoms with Crippen molar-refractivity contribution in [3.8, 4) is 5.88 Å². The lowest BCUT2D eigenvalue weighted by Crippen LogP contribution is -2.24. The molecule has 0 spiro atoms. The lowest BCUT2D eigenvalue weighted by atomic mass is 10.1. The Morgan fingerprint density at radius 1 is 1.36 bits per heavy atom. The number of thioether (sulfide) groups is 1. The third kappa shape index (κ3) is 4.01. The quantitative estimate of drug-likeness (QED) is 0.830. The molecule has 0 aliphatic heterocycles. The molecule has 0 bridgehead atoms. The molecule has 1 amide bonds. The highest BCUT2D eigenvalue weighted by Gasteiger charge is 2.11. The smallest absolute Gasteiger partial charge is 0.251 e. The Labute approximate surface area is 135 Å². The summed E-state index contributed by atoms with van der Waals surface area (Å²) in [6, 6.07) is 9.65. The van der Waals surface area contributed by atoms with E-state index in [0.29, 0.717) is 24.6 Å². The number of amides is 1. The number of aryl methyl sites for hydroxylation is 1. The first-order valence-corrected chi connectivity index (χ1v) is 8.37. The van der Waals surface area contributed by atoms with Crippen molar-refractivity contribution in [2.24, 2.45) is 0 Å². The zero-order valence-corrected chi connectivity index (χ0v) is 13.9. The van der Waals surface area contributed by atoms with Gasteiger partial charge in [0.25, 0.3) is 5.91 Å². The second-order valence-electron chi connectivity index (χ2n) is 4.76. The Morgan fingerprint density at radius 3 is 2.91 bits per heavy atom. The monoisotopic (exact) mass is 316 g/mol. The van der Waals surface area contributed by atoms with Crippen LogP contribution in [0.4, 0.5) is 0 Å². The Hall–Kier alpha value is -2.01. The fraction of sp³-hybridized carbons (Fsp3) is 0.294. The van der Waals surface area contributed by atoms with E-state index in [2.05, 4.69) is 10.3 Å². The van der Waals surface area contributed by atoms with Crippen LogP contribution in [0.15, 0.2) is 41.4 Å². The van der Waals surface area contributed by atoms with Gasteiger partial charge in [-0.05, 0) is 43.9 Å². The highest BCUT2D eigenvalue weighted by Crippen LogP contribution is 2.19. The number of hydrogen-bond acceptors (Lipinski definition) is 4. The van der Waals surface area contributed by atoms with Crippen LogP contribution in [-0.2, 0) is 6.54 Å². The Kier molecular flexibility index (Phi) is 5.83. The normalized spacial score (nSPS) is 10.3. The summed E-state index contributed by atoms with van der Waals surface area (Å²) in [4.78, 5) is 17.7. The topological polar surface area (TPSA) is 51.2 Å². The zero-order chi connectivity index (χ0) is 15.9. The molecule has 1 aromatic heterocycles. The SMILES string of the molecule is CCOc1ncccc1CNC(=O)c1cc(SC)ccc1C. The molecule has 1 N–H and O–H groups in total. The van der Waals surface area contributed by atoms with Gasteiger partial charge in [0.05, 0.1) is 6.61 Å². The first-order chi connectivity index (χ1) is 10.7. The van der Waals surface area contributed by atoms with Crippen LogP contribution in [0.2, 0.25) is 0 Å². The van der Waals surface area contributed by atoms with Gasteiger partial charge in [0.15, 0.2) is 0 Å². The van der Waals surface area contributed by atoms with Gasteiger partial charge in [-0.25, -0.2) is 4.98 Å². The number of nitrogens with one attached hydrogen (secondary N) is 1. The van der Waals surface area contributed by atoms with Crippen molar-refractivity contribution >= 4 is 17.7 Å². The maximum Gasteiger partial charge on any atom is 0.251 e. The summed E-state index contributed by atoms with van der Waals surface area (Å²) in [5, 5.41) is 2.94. The third-order valence-electron chi connectivity index (χ3n) is 3.26. The summed E-state index contributed by atoms with van der Waals surface area (Å²) in [7, 11) is 0. The van der Waals surface area contributed by atoms with E-state index in [0.717, 1.165) is 16.0 Å². The number of rotatable bonds is 6. The van der Waals surface area contributed by atoms with E-state index < -0.39 is 0 Å². The average Bonchev–Trinajstić information content (AvgIpc) is 2.54. The maximum absolute atomic E-state index is 12.4. The highest BCUT2D eigenvalue weighted by atomic mass is 32.2. The number of aromatic nitrogens is 1. The van der Waals surface area contributed by atoms with Crippen LogP contribution in [0, 0.1) is 6.92 Å². The largest absolute Gasteiger partial charge is 0.478 e. The van der Waals surface area contributed by atoms with Gasteiger partial charge in [0.1, 0.15) is 0 Å². The van der Waals surface area contributed by atoms with E-state index in [4.69, 9.17) is 4.74 Å². The standard InChI is InChI=1S/C17H20N2O2S/c1-4-21-17-13(6-5-9-18-17)11-19-16(20)15-10-14(22-3)8-7-12(15)2/h5-10H,4,11H2,1-3H3,(H,19,20). The molecule has 0 aliphatic rings. The lowest BCUT2D eigenvalue weighted by molar-refractivity contribution is 0.0949. The van der Waals surface area contributed by atoms with Crippen molar-refractivity contribution in [3.63, 3.8) is 0 Å². The number of hydrogen-bond donors (Lipinski definition) is 1. The number of pyridine rings is 1. The minimum absolute atomic E-state index is 0.0836. The number of nitrogens with zero attached hydrogens (tertiary/aromatic N) is 1. The van der Waals surface area contributed by atoms with Gasteiger partial charge in [-0.2, -0.15) is 0 Å². The molecular formula is C17H20N2O2S. The predicted molar refractivity (Wildman–Crippen MR) is 89.5 cm³/mol. The summed E-state index contributed by atoms with van der Waals surface area (Å²) >= 11 is 1.62. The predicted octanol–water partition coefficient (Wildman–Crippen LogP) is 3.44. The molecule has 0 saturated heterocycles.